The van der Waals surface area contributed by atoms with Crippen molar-refractivity contribution >= 4 is 22.8 Å². The Hall–Kier alpha value is -3.15. The predicted octanol–water partition coefficient (Wildman–Crippen LogP) is 2.79. The number of hydrazine groups is 1. The summed E-state index contributed by atoms with van der Waals surface area (Å²) in [4.78, 5) is 29.4. The molecule has 0 saturated heterocycles. The van der Waals surface area contributed by atoms with Gasteiger partial charge in [0.2, 0.25) is 5.95 Å². The lowest BCUT2D eigenvalue weighted by atomic mass is 10.1. The number of anilines is 1. The number of hydrogen-bond donors (Lipinski definition) is 2. The van der Waals surface area contributed by atoms with Gasteiger partial charge in [-0.25, -0.2) is 4.98 Å². The standard InChI is InChI=1S/C19H20N4O2/c1-4-23-18(25)15-7-5-6-8-16(15)20-19(23)22-21-17(24)14-10-12(2)9-13(3)11-14/h5-11H,4H2,1-3H3,(H,20,22)(H,21,24). The second kappa shape index (κ2) is 6.76. The molecule has 0 unspecified atom stereocenters. The molecule has 0 fully saturated rings. The van der Waals surface area contributed by atoms with Crippen LogP contribution >= 0.6 is 0 Å². The van der Waals surface area contributed by atoms with Crippen molar-refractivity contribution in [3.8, 4) is 0 Å². The van der Waals surface area contributed by atoms with Gasteiger partial charge in [-0.15, -0.1) is 0 Å². The second-order valence-corrected chi connectivity index (χ2v) is 5.96. The van der Waals surface area contributed by atoms with Crippen molar-refractivity contribution in [3.63, 3.8) is 0 Å². The maximum atomic E-state index is 12.6. The molecule has 6 nitrogen and oxygen atoms in total. The smallest absolute Gasteiger partial charge is 0.269 e. The maximum absolute atomic E-state index is 12.6. The van der Waals surface area contributed by atoms with Crippen molar-refractivity contribution < 1.29 is 4.79 Å². The molecule has 0 spiro atoms. The van der Waals surface area contributed by atoms with Crippen LogP contribution in [0.3, 0.4) is 0 Å². The molecule has 128 valence electrons. The molecule has 1 amide bonds. The van der Waals surface area contributed by atoms with Crippen molar-refractivity contribution in [3.05, 3.63) is 69.5 Å². The zero-order valence-corrected chi connectivity index (χ0v) is 14.5. The van der Waals surface area contributed by atoms with E-state index in [0.29, 0.717) is 29.0 Å². The van der Waals surface area contributed by atoms with E-state index in [4.69, 9.17) is 0 Å². The van der Waals surface area contributed by atoms with Crippen molar-refractivity contribution in [2.24, 2.45) is 0 Å². The Bertz CT molecular complexity index is 988. The quantitative estimate of drug-likeness (QED) is 0.718. The number of aryl methyl sites for hydroxylation is 2. The van der Waals surface area contributed by atoms with Gasteiger partial charge >= 0.3 is 0 Å². The second-order valence-electron chi connectivity index (χ2n) is 5.96. The Labute approximate surface area is 145 Å². The number of carbonyl (C=O) groups excluding carboxylic acids is 1. The molecule has 0 saturated carbocycles. The molecule has 25 heavy (non-hydrogen) atoms. The number of benzene rings is 2. The van der Waals surface area contributed by atoms with Gasteiger partial charge in [0.25, 0.3) is 11.5 Å². The monoisotopic (exact) mass is 336 g/mol. The Morgan fingerprint density at radius 2 is 1.80 bits per heavy atom. The van der Waals surface area contributed by atoms with Gasteiger partial charge in [-0.3, -0.25) is 25.0 Å². The van der Waals surface area contributed by atoms with Crippen molar-refractivity contribution in [1.82, 2.24) is 15.0 Å². The third kappa shape index (κ3) is 3.38. The number of carbonyl (C=O) groups is 1. The normalized spacial score (nSPS) is 10.7. The molecule has 1 aromatic heterocycles. The Morgan fingerprint density at radius 3 is 2.48 bits per heavy atom. The fourth-order valence-corrected chi connectivity index (χ4v) is 2.85. The number of nitrogens with zero attached hydrogens (tertiary/aromatic N) is 2. The molecule has 2 aromatic carbocycles. The lowest BCUT2D eigenvalue weighted by Crippen LogP contribution is -2.34. The summed E-state index contributed by atoms with van der Waals surface area (Å²) in [5.41, 5.74) is 8.43. The summed E-state index contributed by atoms with van der Waals surface area (Å²) in [6, 6.07) is 12.8. The van der Waals surface area contributed by atoms with Crippen LogP contribution in [0.25, 0.3) is 10.9 Å². The average Bonchev–Trinajstić information content (AvgIpc) is 2.59. The first-order valence-corrected chi connectivity index (χ1v) is 8.14. The van der Waals surface area contributed by atoms with E-state index < -0.39 is 0 Å². The van der Waals surface area contributed by atoms with Gasteiger partial charge < -0.3 is 0 Å². The summed E-state index contributed by atoms with van der Waals surface area (Å²) in [5, 5.41) is 0.551. The van der Waals surface area contributed by atoms with E-state index in [0.717, 1.165) is 11.1 Å². The van der Waals surface area contributed by atoms with E-state index in [1.54, 1.807) is 18.2 Å². The summed E-state index contributed by atoms with van der Waals surface area (Å²) >= 11 is 0. The highest BCUT2D eigenvalue weighted by molar-refractivity contribution is 5.95. The zero-order chi connectivity index (χ0) is 18.0. The first-order chi connectivity index (χ1) is 12.0. The number of aromatic nitrogens is 2. The van der Waals surface area contributed by atoms with Crippen molar-refractivity contribution in [2.45, 2.75) is 27.3 Å². The summed E-state index contributed by atoms with van der Waals surface area (Å²) in [6.45, 7) is 6.18. The number of fused-ring (bicyclic) bond motifs is 1. The Balaban J connectivity index is 1.90. The van der Waals surface area contributed by atoms with Gasteiger partial charge in [0, 0.05) is 12.1 Å². The minimum atomic E-state index is -0.281. The molecule has 1 heterocycles. The van der Waals surface area contributed by atoms with Crippen molar-refractivity contribution in [1.29, 1.82) is 0 Å². The molecule has 0 radical (unpaired) electrons. The van der Waals surface area contributed by atoms with Crippen LogP contribution in [0, 0.1) is 13.8 Å². The lowest BCUT2D eigenvalue weighted by molar-refractivity contribution is 0.0962. The predicted molar refractivity (Wildman–Crippen MR) is 98.7 cm³/mol. The summed E-state index contributed by atoms with van der Waals surface area (Å²) in [6.07, 6.45) is 0. The number of rotatable bonds is 4. The average molecular weight is 336 g/mol. The Morgan fingerprint density at radius 1 is 1.12 bits per heavy atom. The van der Waals surface area contributed by atoms with Crippen molar-refractivity contribution in [2.75, 3.05) is 5.43 Å². The van der Waals surface area contributed by atoms with Gasteiger partial charge in [-0.2, -0.15) is 0 Å². The zero-order valence-electron chi connectivity index (χ0n) is 14.5. The van der Waals surface area contributed by atoms with E-state index in [9.17, 15) is 9.59 Å². The maximum Gasteiger partial charge on any atom is 0.269 e. The molecule has 3 rings (SSSR count). The highest BCUT2D eigenvalue weighted by Crippen LogP contribution is 2.11. The van der Waals surface area contributed by atoms with Crippen LogP contribution in [0.5, 0.6) is 0 Å². The van der Waals surface area contributed by atoms with E-state index in [2.05, 4.69) is 15.8 Å². The molecule has 0 aliphatic carbocycles. The van der Waals surface area contributed by atoms with Gasteiger partial charge in [0.05, 0.1) is 10.9 Å². The van der Waals surface area contributed by atoms with E-state index in [-0.39, 0.29) is 11.5 Å². The fraction of sp³-hybridized carbons (Fsp3) is 0.211. The number of nitrogens with one attached hydrogen (secondary N) is 2. The molecular weight excluding hydrogens is 316 g/mol. The van der Waals surface area contributed by atoms with Crippen LogP contribution < -0.4 is 16.4 Å². The Kier molecular flexibility index (Phi) is 4.52. The van der Waals surface area contributed by atoms with Crippen LogP contribution in [0.4, 0.5) is 5.95 Å². The van der Waals surface area contributed by atoms with E-state index in [1.165, 1.54) is 4.57 Å². The molecule has 0 aliphatic heterocycles. The number of para-hydroxylation sites is 1. The minimum Gasteiger partial charge on any atom is -0.277 e. The van der Waals surface area contributed by atoms with Crippen LogP contribution in [0.2, 0.25) is 0 Å². The van der Waals surface area contributed by atoms with Gasteiger partial charge in [0.15, 0.2) is 0 Å². The van der Waals surface area contributed by atoms with E-state index >= 15 is 0 Å². The third-order valence-corrected chi connectivity index (χ3v) is 3.95. The van der Waals surface area contributed by atoms with Crippen LogP contribution in [-0.4, -0.2) is 15.5 Å². The molecule has 2 N–H and O–H groups in total. The highest BCUT2D eigenvalue weighted by atomic mass is 16.2. The summed E-state index contributed by atoms with van der Waals surface area (Å²) < 4.78 is 1.49. The van der Waals surface area contributed by atoms with E-state index in [1.807, 2.05) is 45.0 Å². The largest absolute Gasteiger partial charge is 0.277 e. The van der Waals surface area contributed by atoms with Crippen LogP contribution in [0.15, 0.2) is 47.3 Å². The topological polar surface area (TPSA) is 76.0 Å². The number of hydrogen-bond acceptors (Lipinski definition) is 4. The highest BCUT2D eigenvalue weighted by Gasteiger charge is 2.11. The third-order valence-electron chi connectivity index (χ3n) is 3.95. The molecule has 3 aromatic rings. The SMILES string of the molecule is CCn1c(NNC(=O)c2cc(C)cc(C)c2)nc2ccccc2c1=O. The van der Waals surface area contributed by atoms with Gasteiger partial charge in [0.1, 0.15) is 0 Å². The number of amides is 1. The summed E-state index contributed by atoms with van der Waals surface area (Å²) in [7, 11) is 0. The van der Waals surface area contributed by atoms with Crippen LogP contribution in [0.1, 0.15) is 28.4 Å². The lowest BCUT2D eigenvalue weighted by Gasteiger charge is -2.14. The van der Waals surface area contributed by atoms with Gasteiger partial charge in [-0.05, 0) is 45.0 Å². The molecule has 0 bridgehead atoms. The molecule has 6 heteroatoms. The molecule has 0 atom stereocenters. The molecule has 0 aliphatic rings. The van der Waals surface area contributed by atoms with Gasteiger partial charge in [-0.1, -0.05) is 29.3 Å². The van der Waals surface area contributed by atoms with Crippen LogP contribution in [-0.2, 0) is 6.54 Å². The summed E-state index contributed by atoms with van der Waals surface area (Å²) in [5.74, 6) is 0.0285. The first-order valence-electron chi connectivity index (χ1n) is 8.14. The fourth-order valence-electron chi connectivity index (χ4n) is 2.85. The minimum absolute atomic E-state index is 0.142. The first kappa shape index (κ1) is 16.7. The molecular formula is C19H20N4O2.